The molecule has 2 aromatic rings. The van der Waals surface area contributed by atoms with Crippen LogP contribution in [-0.4, -0.2) is 24.7 Å². The second-order valence-corrected chi connectivity index (χ2v) is 5.58. The summed E-state index contributed by atoms with van der Waals surface area (Å²) in [5, 5.41) is 0. The van der Waals surface area contributed by atoms with Gasteiger partial charge in [0.25, 0.3) is 5.91 Å². The molecule has 5 nitrogen and oxygen atoms in total. The largest absolute Gasteiger partial charge is 0.376 e. The number of rotatable bonds is 9. The first-order valence-corrected chi connectivity index (χ1v) is 8.03. The monoisotopic (exact) mass is 328 g/mol. The van der Waals surface area contributed by atoms with Crippen LogP contribution in [0, 0.1) is 0 Å². The fourth-order valence-corrected chi connectivity index (χ4v) is 2.16. The molecule has 24 heavy (non-hydrogen) atoms. The highest BCUT2D eigenvalue weighted by atomic mass is 16.7. The maximum absolute atomic E-state index is 12.0. The van der Waals surface area contributed by atoms with Crippen molar-refractivity contribution in [3.8, 4) is 0 Å². The number of carbonyl (C=O) groups excluding carboxylic acids is 1. The van der Waals surface area contributed by atoms with Crippen LogP contribution in [-0.2, 0) is 27.4 Å². The zero-order chi connectivity index (χ0) is 17.2. The number of nitrogens with one attached hydrogen (secondary N) is 1. The Morgan fingerprint density at radius 1 is 1.04 bits per heavy atom. The van der Waals surface area contributed by atoms with Gasteiger partial charge in [0.15, 0.2) is 0 Å². The highest BCUT2D eigenvalue weighted by molar-refractivity contribution is 5.81. The maximum Gasteiger partial charge on any atom is 0.263 e. The van der Waals surface area contributed by atoms with Crippen molar-refractivity contribution in [3.63, 3.8) is 0 Å². The molecule has 0 saturated carbocycles. The van der Waals surface area contributed by atoms with Crippen molar-refractivity contribution in [1.82, 2.24) is 5.48 Å². The van der Waals surface area contributed by atoms with Gasteiger partial charge in [-0.25, -0.2) is 5.48 Å². The maximum atomic E-state index is 12.0. The lowest BCUT2D eigenvalue weighted by Gasteiger charge is -2.19. The Morgan fingerprint density at radius 3 is 2.25 bits per heavy atom. The van der Waals surface area contributed by atoms with E-state index in [1.165, 1.54) is 5.56 Å². The lowest BCUT2D eigenvalue weighted by Crippen LogP contribution is -2.48. The zero-order valence-electron chi connectivity index (χ0n) is 13.9. The molecule has 0 bridgehead atoms. The van der Waals surface area contributed by atoms with E-state index in [1.54, 1.807) is 6.92 Å². The van der Waals surface area contributed by atoms with Gasteiger partial charge in [-0.05, 0) is 24.5 Å². The van der Waals surface area contributed by atoms with Gasteiger partial charge in [0.1, 0.15) is 6.04 Å². The van der Waals surface area contributed by atoms with Crippen molar-refractivity contribution in [1.29, 1.82) is 0 Å². The molecule has 2 aromatic carbocycles. The molecule has 2 rings (SSSR count). The van der Waals surface area contributed by atoms with E-state index in [4.69, 9.17) is 15.3 Å². The summed E-state index contributed by atoms with van der Waals surface area (Å²) >= 11 is 0. The second-order valence-electron chi connectivity index (χ2n) is 5.58. The third-order valence-electron chi connectivity index (χ3n) is 3.68. The number of hydrogen-bond acceptors (Lipinski definition) is 4. The number of hydrogen-bond donors (Lipinski definition) is 2. The summed E-state index contributed by atoms with van der Waals surface area (Å²) in [7, 11) is 0. The molecule has 0 aliphatic rings. The van der Waals surface area contributed by atoms with E-state index in [0.717, 1.165) is 12.0 Å². The SMILES string of the molecule is C[C@@H](OCCc1ccccc1)[C@H](N)C(=O)NOCc1ccccc1. The first-order chi connectivity index (χ1) is 11.7. The topological polar surface area (TPSA) is 73.6 Å². The van der Waals surface area contributed by atoms with Crippen LogP contribution in [0.3, 0.4) is 0 Å². The molecular weight excluding hydrogens is 304 g/mol. The minimum atomic E-state index is -0.781. The Balaban J connectivity index is 1.65. The first kappa shape index (κ1) is 18.1. The Labute approximate surface area is 142 Å². The molecule has 0 fully saturated rings. The third kappa shape index (κ3) is 6.12. The molecule has 128 valence electrons. The van der Waals surface area contributed by atoms with Crippen molar-refractivity contribution in [2.24, 2.45) is 5.73 Å². The fraction of sp³-hybridized carbons (Fsp3) is 0.316. The summed E-state index contributed by atoms with van der Waals surface area (Å²) in [6.45, 7) is 2.59. The second kappa shape index (κ2) is 9.82. The molecule has 0 saturated heterocycles. The number of carbonyl (C=O) groups is 1. The summed E-state index contributed by atoms with van der Waals surface area (Å²) in [5.74, 6) is -0.391. The average Bonchev–Trinajstić information content (AvgIpc) is 2.62. The van der Waals surface area contributed by atoms with Gasteiger partial charge >= 0.3 is 0 Å². The van der Waals surface area contributed by atoms with E-state index in [0.29, 0.717) is 13.2 Å². The van der Waals surface area contributed by atoms with E-state index in [-0.39, 0.29) is 0 Å². The smallest absolute Gasteiger partial charge is 0.263 e. The van der Waals surface area contributed by atoms with E-state index in [1.807, 2.05) is 60.7 Å². The predicted octanol–water partition coefficient (Wildman–Crippen LogP) is 2.21. The van der Waals surface area contributed by atoms with Gasteiger partial charge < -0.3 is 10.5 Å². The standard InChI is InChI=1S/C19H24N2O3/c1-15(23-13-12-16-8-4-2-5-9-16)18(20)19(22)21-24-14-17-10-6-3-7-11-17/h2-11,15,18H,12-14,20H2,1H3,(H,21,22)/t15-,18+/m1/s1. The molecule has 0 radical (unpaired) electrons. The summed E-state index contributed by atoms with van der Waals surface area (Å²) in [6.07, 6.45) is 0.387. The summed E-state index contributed by atoms with van der Waals surface area (Å²) < 4.78 is 5.65. The van der Waals surface area contributed by atoms with Crippen molar-refractivity contribution in [2.45, 2.75) is 32.1 Å². The van der Waals surface area contributed by atoms with Gasteiger partial charge in [-0.3, -0.25) is 9.63 Å². The summed E-state index contributed by atoms with van der Waals surface area (Å²) in [6, 6.07) is 18.8. The molecular formula is C19H24N2O3. The molecule has 2 atom stereocenters. The van der Waals surface area contributed by atoms with Crippen LogP contribution in [0.15, 0.2) is 60.7 Å². The molecule has 5 heteroatoms. The Kier molecular flexibility index (Phi) is 7.42. The highest BCUT2D eigenvalue weighted by Crippen LogP contribution is 2.03. The van der Waals surface area contributed by atoms with Gasteiger partial charge in [-0.2, -0.15) is 0 Å². The highest BCUT2D eigenvalue weighted by Gasteiger charge is 2.21. The number of hydroxylamine groups is 1. The van der Waals surface area contributed by atoms with Crippen LogP contribution in [0.2, 0.25) is 0 Å². The lowest BCUT2D eigenvalue weighted by molar-refractivity contribution is -0.139. The van der Waals surface area contributed by atoms with Gasteiger partial charge in [-0.15, -0.1) is 0 Å². The van der Waals surface area contributed by atoms with E-state index < -0.39 is 18.1 Å². The number of nitrogens with two attached hydrogens (primary N) is 1. The molecule has 0 heterocycles. The van der Waals surface area contributed by atoms with Gasteiger partial charge in [0.05, 0.1) is 19.3 Å². The molecule has 1 amide bonds. The zero-order valence-corrected chi connectivity index (χ0v) is 13.9. The van der Waals surface area contributed by atoms with Crippen LogP contribution in [0.1, 0.15) is 18.1 Å². The number of amides is 1. The fourth-order valence-electron chi connectivity index (χ4n) is 2.16. The average molecular weight is 328 g/mol. The molecule has 0 unspecified atom stereocenters. The predicted molar refractivity (Wildman–Crippen MR) is 92.9 cm³/mol. The minimum absolute atomic E-state index is 0.294. The number of benzene rings is 2. The Morgan fingerprint density at radius 2 is 1.62 bits per heavy atom. The molecule has 0 aliphatic heterocycles. The molecule has 3 N–H and O–H groups in total. The van der Waals surface area contributed by atoms with Crippen LogP contribution < -0.4 is 11.2 Å². The van der Waals surface area contributed by atoms with E-state index in [2.05, 4.69) is 5.48 Å². The third-order valence-corrected chi connectivity index (χ3v) is 3.68. The lowest BCUT2D eigenvalue weighted by atomic mass is 10.1. The van der Waals surface area contributed by atoms with Crippen molar-refractivity contribution in [2.75, 3.05) is 6.61 Å². The van der Waals surface area contributed by atoms with Crippen molar-refractivity contribution < 1.29 is 14.4 Å². The molecule has 0 spiro atoms. The molecule has 0 aromatic heterocycles. The Bertz CT molecular complexity index is 605. The minimum Gasteiger partial charge on any atom is -0.376 e. The quantitative estimate of drug-likeness (QED) is 0.692. The first-order valence-electron chi connectivity index (χ1n) is 8.03. The van der Waals surface area contributed by atoms with Gasteiger partial charge in [0, 0.05) is 0 Å². The van der Waals surface area contributed by atoms with Crippen LogP contribution >= 0.6 is 0 Å². The summed E-state index contributed by atoms with van der Waals surface area (Å²) in [4.78, 5) is 17.2. The van der Waals surface area contributed by atoms with Crippen molar-refractivity contribution in [3.05, 3.63) is 71.8 Å². The summed E-state index contributed by atoms with van der Waals surface area (Å²) in [5.41, 5.74) is 10.4. The van der Waals surface area contributed by atoms with E-state index in [9.17, 15) is 4.79 Å². The number of ether oxygens (including phenoxy) is 1. The van der Waals surface area contributed by atoms with Crippen LogP contribution in [0.5, 0.6) is 0 Å². The van der Waals surface area contributed by atoms with E-state index >= 15 is 0 Å². The van der Waals surface area contributed by atoms with Crippen molar-refractivity contribution >= 4 is 5.91 Å². The molecule has 0 aliphatic carbocycles. The Hall–Kier alpha value is -2.21. The normalized spacial score (nSPS) is 13.2. The van der Waals surface area contributed by atoms with Crippen LogP contribution in [0.25, 0.3) is 0 Å². The van der Waals surface area contributed by atoms with Gasteiger partial charge in [0.2, 0.25) is 0 Å². The van der Waals surface area contributed by atoms with Crippen LogP contribution in [0.4, 0.5) is 0 Å². The van der Waals surface area contributed by atoms with Gasteiger partial charge in [-0.1, -0.05) is 60.7 Å².